The number of para-hydroxylation sites is 2. The Labute approximate surface area is 176 Å². The number of furan rings is 1. The van der Waals surface area contributed by atoms with Gasteiger partial charge in [-0.25, -0.2) is 4.98 Å². The Morgan fingerprint density at radius 1 is 1.10 bits per heavy atom. The van der Waals surface area contributed by atoms with Gasteiger partial charge in [0.2, 0.25) is 5.91 Å². The minimum Gasteiger partial charge on any atom is -0.464 e. The van der Waals surface area contributed by atoms with Crippen molar-refractivity contribution in [3.05, 3.63) is 78.3 Å². The summed E-state index contributed by atoms with van der Waals surface area (Å²) in [4.78, 5) is 18.7. The molecule has 0 aliphatic rings. The number of carbonyl (C=O) groups excluding carboxylic acids is 1. The Morgan fingerprint density at radius 3 is 2.71 bits per heavy atom. The Morgan fingerprint density at radius 2 is 1.87 bits per heavy atom. The van der Waals surface area contributed by atoms with E-state index in [1.165, 1.54) is 4.90 Å². The van der Waals surface area contributed by atoms with Crippen LogP contribution in [0.5, 0.6) is 0 Å². The molecular formula is C24H19F2N3O2. The molecule has 31 heavy (non-hydrogen) atoms. The van der Waals surface area contributed by atoms with E-state index in [9.17, 15) is 13.6 Å². The highest BCUT2D eigenvalue weighted by Crippen LogP contribution is 2.30. The highest BCUT2D eigenvalue weighted by molar-refractivity contribution is 6.08. The average molecular weight is 419 g/mol. The van der Waals surface area contributed by atoms with Crippen molar-refractivity contribution >= 4 is 38.7 Å². The van der Waals surface area contributed by atoms with Crippen LogP contribution < -0.4 is 0 Å². The molecule has 5 aromatic rings. The molecule has 0 aliphatic carbocycles. The van der Waals surface area contributed by atoms with Crippen LogP contribution in [0.15, 0.2) is 71.3 Å². The number of nitrogens with zero attached hydrogens (tertiary/aromatic N) is 3. The van der Waals surface area contributed by atoms with Gasteiger partial charge in [0.15, 0.2) is 0 Å². The zero-order chi connectivity index (χ0) is 21.5. The van der Waals surface area contributed by atoms with Gasteiger partial charge in [-0.15, -0.1) is 0 Å². The number of likely N-dealkylation sites (N-methyl/N-ethyl adjacent to an activating group) is 1. The van der Waals surface area contributed by atoms with Gasteiger partial charge in [0.05, 0.1) is 30.3 Å². The van der Waals surface area contributed by atoms with Gasteiger partial charge in [0.25, 0.3) is 0 Å². The molecule has 0 saturated carbocycles. The number of benzene rings is 3. The second-order valence-electron chi connectivity index (χ2n) is 7.51. The summed E-state index contributed by atoms with van der Waals surface area (Å²) in [6.45, 7) is -2.76. The number of amides is 1. The van der Waals surface area contributed by atoms with Gasteiger partial charge in [-0.05, 0) is 29.0 Å². The number of rotatable bonds is 5. The van der Waals surface area contributed by atoms with E-state index in [4.69, 9.17) is 4.42 Å². The van der Waals surface area contributed by atoms with Crippen LogP contribution in [0.2, 0.25) is 0 Å². The molecule has 5 nitrogen and oxygen atoms in total. The molecule has 0 atom stereocenters. The predicted molar refractivity (Wildman–Crippen MR) is 115 cm³/mol. The van der Waals surface area contributed by atoms with Crippen LogP contribution in [0.25, 0.3) is 32.8 Å². The fourth-order valence-corrected chi connectivity index (χ4v) is 4.03. The molecule has 0 aliphatic heterocycles. The van der Waals surface area contributed by atoms with E-state index >= 15 is 0 Å². The predicted octanol–water partition coefficient (Wildman–Crippen LogP) is 5.53. The van der Waals surface area contributed by atoms with Gasteiger partial charge in [0, 0.05) is 18.0 Å². The quantitative estimate of drug-likeness (QED) is 0.376. The Kier molecular flexibility index (Phi) is 4.66. The van der Waals surface area contributed by atoms with Gasteiger partial charge in [0.1, 0.15) is 11.4 Å². The number of alkyl halides is 2. The maximum atomic E-state index is 13.7. The smallest absolute Gasteiger partial charge is 0.320 e. The molecule has 0 unspecified atom stereocenters. The Balaban J connectivity index is 1.44. The molecule has 1 amide bonds. The normalized spacial score (nSPS) is 11.7. The first-order valence-electron chi connectivity index (χ1n) is 9.88. The van der Waals surface area contributed by atoms with E-state index in [0.29, 0.717) is 16.6 Å². The monoisotopic (exact) mass is 419 g/mol. The van der Waals surface area contributed by atoms with Crippen molar-refractivity contribution in [1.82, 2.24) is 14.5 Å². The maximum Gasteiger partial charge on any atom is 0.320 e. The number of imidazole rings is 1. The lowest BCUT2D eigenvalue weighted by Gasteiger charge is -2.17. The zero-order valence-electron chi connectivity index (χ0n) is 16.8. The van der Waals surface area contributed by atoms with Gasteiger partial charge in [-0.2, -0.15) is 8.78 Å². The number of fused-ring (bicyclic) bond motifs is 4. The lowest BCUT2D eigenvalue weighted by molar-refractivity contribution is -0.129. The largest absolute Gasteiger partial charge is 0.464 e. The van der Waals surface area contributed by atoms with Crippen LogP contribution in [-0.2, 0) is 17.8 Å². The number of aromatic nitrogens is 2. The second kappa shape index (κ2) is 7.50. The van der Waals surface area contributed by atoms with Crippen molar-refractivity contribution in [2.24, 2.45) is 0 Å². The molecule has 2 heterocycles. The molecular weight excluding hydrogens is 400 g/mol. The summed E-state index contributed by atoms with van der Waals surface area (Å²) in [6, 6.07) is 18.5. The van der Waals surface area contributed by atoms with Crippen LogP contribution in [0, 0.1) is 0 Å². The van der Waals surface area contributed by atoms with Crippen molar-refractivity contribution in [3.8, 4) is 0 Å². The third-order valence-electron chi connectivity index (χ3n) is 5.55. The summed E-state index contributed by atoms with van der Waals surface area (Å²) in [5.74, 6) is -0.0574. The molecule has 0 N–H and O–H groups in total. The standard InChI is InChI=1S/C24H19F2N3O2/c1-28(13-21-27-18-8-4-5-9-19(18)29(21)24(25)26)22(30)12-16-14-31-20-11-10-15-6-2-3-7-17(15)23(16)20/h2-11,14,24H,12-13H2,1H3. The molecule has 0 spiro atoms. The summed E-state index contributed by atoms with van der Waals surface area (Å²) in [7, 11) is 1.60. The number of hydrogen-bond acceptors (Lipinski definition) is 3. The van der Waals surface area contributed by atoms with E-state index in [2.05, 4.69) is 4.98 Å². The molecule has 0 radical (unpaired) electrons. The van der Waals surface area contributed by atoms with E-state index in [1.807, 2.05) is 36.4 Å². The minimum absolute atomic E-state index is 0.0195. The zero-order valence-corrected chi connectivity index (χ0v) is 16.8. The van der Waals surface area contributed by atoms with Crippen LogP contribution in [0.4, 0.5) is 8.78 Å². The molecule has 0 bridgehead atoms. The number of carbonyl (C=O) groups is 1. The SMILES string of the molecule is CN(Cc1nc2ccccc2n1C(F)F)C(=O)Cc1coc2ccc3ccccc3c12. The molecule has 2 aromatic heterocycles. The minimum atomic E-state index is -2.74. The molecule has 156 valence electrons. The summed E-state index contributed by atoms with van der Waals surface area (Å²) < 4.78 is 33.9. The maximum absolute atomic E-state index is 13.7. The summed E-state index contributed by atoms with van der Waals surface area (Å²) in [5.41, 5.74) is 2.31. The van der Waals surface area contributed by atoms with Gasteiger partial charge in [-0.1, -0.05) is 42.5 Å². The summed E-state index contributed by atoms with van der Waals surface area (Å²) in [6.07, 6.45) is 1.70. The molecule has 0 saturated heterocycles. The fraction of sp³-hybridized carbons (Fsp3) is 0.167. The second-order valence-corrected chi connectivity index (χ2v) is 7.51. The first kappa shape index (κ1) is 19.2. The van der Waals surface area contributed by atoms with Crippen LogP contribution in [0.3, 0.4) is 0 Å². The number of hydrogen-bond donors (Lipinski definition) is 0. The summed E-state index contributed by atoms with van der Waals surface area (Å²) in [5, 5.41) is 2.97. The van der Waals surface area contributed by atoms with E-state index in [0.717, 1.165) is 26.3 Å². The van der Waals surface area contributed by atoms with Crippen LogP contribution in [-0.4, -0.2) is 27.4 Å². The lowest BCUT2D eigenvalue weighted by atomic mass is 10.0. The van der Waals surface area contributed by atoms with Crippen molar-refractivity contribution in [3.63, 3.8) is 0 Å². The first-order valence-corrected chi connectivity index (χ1v) is 9.88. The van der Waals surface area contributed by atoms with Gasteiger partial charge < -0.3 is 9.32 Å². The highest BCUT2D eigenvalue weighted by Gasteiger charge is 2.21. The molecule has 7 heteroatoms. The van der Waals surface area contributed by atoms with Gasteiger partial charge >= 0.3 is 6.55 Å². The van der Waals surface area contributed by atoms with E-state index < -0.39 is 6.55 Å². The van der Waals surface area contributed by atoms with Crippen molar-refractivity contribution in [2.45, 2.75) is 19.5 Å². The average Bonchev–Trinajstić information content (AvgIpc) is 3.34. The first-order chi connectivity index (χ1) is 15.0. The topological polar surface area (TPSA) is 51.3 Å². The molecule has 0 fully saturated rings. The van der Waals surface area contributed by atoms with E-state index in [-0.39, 0.29) is 24.7 Å². The molecule has 3 aromatic carbocycles. The molecule has 5 rings (SSSR count). The Bertz CT molecular complexity index is 1420. The van der Waals surface area contributed by atoms with Crippen molar-refractivity contribution in [1.29, 1.82) is 0 Å². The highest BCUT2D eigenvalue weighted by atomic mass is 19.3. The number of halogens is 2. The van der Waals surface area contributed by atoms with Crippen molar-refractivity contribution in [2.75, 3.05) is 7.05 Å². The van der Waals surface area contributed by atoms with Crippen molar-refractivity contribution < 1.29 is 18.0 Å². The third kappa shape index (κ3) is 3.32. The summed E-state index contributed by atoms with van der Waals surface area (Å²) >= 11 is 0. The lowest BCUT2D eigenvalue weighted by Crippen LogP contribution is -2.29. The third-order valence-corrected chi connectivity index (χ3v) is 5.55. The fourth-order valence-electron chi connectivity index (χ4n) is 4.03. The van der Waals surface area contributed by atoms with E-state index in [1.54, 1.807) is 37.6 Å². The Hall–Kier alpha value is -3.74. The van der Waals surface area contributed by atoms with Crippen LogP contribution >= 0.6 is 0 Å². The van der Waals surface area contributed by atoms with Crippen LogP contribution in [0.1, 0.15) is 17.9 Å². The van der Waals surface area contributed by atoms with Gasteiger partial charge in [-0.3, -0.25) is 9.36 Å².